The molecule has 0 fully saturated rings. The minimum Gasteiger partial charge on any atom is -0.480 e. The monoisotopic (exact) mass is 541 g/mol. The van der Waals surface area contributed by atoms with E-state index >= 15 is 0 Å². The highest BCUT2D eigenvalue weighted by molar-refractivity contribution is 7.93. The Labute approximate surface area is 224 Å². The first-order valence-corrected chi connectivity index (χ1v) is 13.4. The zero-order chi connectivity index (χ0) is 27.6. The van der Waals surface area contributed by atoms with Gasteiger partial charge in [0, 0.05) is 21.7 Å². The zero-order valence-electron chi connectivity index (χ0n) is 20.5. The van der Waals surface area contributed by atoms with Crippen molar-refractivity contribution in [2.45, 2.75) is 11.0 Å². The number of hydrogen-bond donors (Lipinski definition) is 2. The highest BCUT2D eigenvalue weighted by Gasteiger charge is 2.31. The Morgan fingerprint density at radius 1 is 0.718 bits per heavy atom. The molecule has 0 saturated heterocycles. The molecule has 5 aromatic rings. The Hall–Kier alpha value is -4.89. The molecule has 0 bridgehead atoms. The van der Waals surface area contributed by atoms with Crippen molar-refractivity contribution in [3.63, 3.8) is 0 Å². The molecule has 1 atom stereocenters. The predicted octanol–water partition coefficient (Wildman–Crippen LogP) is 5.48. The molecule has 8 nitrogen and oxygen atoms in total. The van der Waals surface area contributed by atoms with Crippen molar-refractivity contribution in [3.8, 4) is 5.75 Å². The normalized spacial score (nSPS) is 12.2. The van der Waals surface area contributed by atoms with E-state index in [0.717, 1.165) is 4.31 Å². The van der Waals surface area contributed by atoms with Crippen molar-refractivity contribution in [2.75, 3.05) is 10.8 Å². The molecule has 0 aromatic heterocycles. The summed E-state index contributed by atoms with van der Waals surface area (Å²) in [4.78, 5) is 23.9. The van der Waals surface area contributed by atoms with E-state index in [2.05, 4.69) is 0 Å². The third-order valence-corrected chi connectivity index (χ3v) is 8.12. The van der Waals surface area contributed by atoms with Crippen LogP contribution in [0, 0.1) is 0 Å². The quantitative estimate of drug-likeness (QED) is 0.254. The van der Waals surface area contributed by atoms with Crippen LogP contribution in [0.1, 0.15) is 11.7 Å². The Morgan fingerprint density at radius 2 is 1.33 bits per heavy atom. The molecule has 0 spiro atoms. The van der Waals surface area contributed by atoms with E-state index in [1.54, 1.807) is 91.0 Å². The molecule has 39 heavy (non-hydrogen) atoms. The number of fused-ring (bicyclic) bond motifs is 2. The van der Waals surface area contributed by atoms with E-state index < -0.39 is 34.6 Å². The second-order valence-electron chi connectivity index (χ2n) is 8.76. The molecular weight excluding hydrogens is 518 g/mol. The number of anilines is 1. The molecule has 1 unspecified atom stereocenters. The Bertz CT molecular complexity index is 1800. The van der Waals surface area contributed by atoms with Gasteiger partial charge in [-0.3, -0.25) is 9.10 Å². The maximum atomic E-state index is 14.0. The summed E-state index contributed by atoms with van der Waals surface area (Å²) in [6, 6.07) is 29.9. The Kier molecular flexibility index (Phi) is 6.91. The summed E-state index contributed by atoms with van der Waals surface area (Å²) in [5, 5.41) is 21.5. The molecule has 0 aliphatic carbocycles. The molecule has 9 heteroatoms. The number of hydrogen-bond acceptors (Lipinski definition) is 5. The van der Waals surface area contributed by atoms with E-state index in [9.17, 15) is 28.2 Å². The molecule has 0 saturated carbocycles. The van der Waals surface area contributed by atoms with Crippen molar-refractivity contribution >= 4 is 49.2 Å². The summed E-state index contributed by atoms with van der Waals surface area (Å²) in [7, 11) is -4.34. The van der Waals surface area contributed by atoms with Gasteiger partial charge in [-0.2, -0.15) is 0 Å². The average molecular weight is 542 g/mol. The molecule has 0 radical (unpaired) electrons. The van der Waals surface area contributed by atoms with Crippen molar-refractivity contribution in [2.24, 2.45) is 0 Å². The van der Waals surface area contributed by atoms with Gasteiger partial charge < -0.3 is 14.9 Å². The topological polar surface area (TPSA) is 121 Å². The van der Waals surface area contributed by atoms with Crippen molar-refractivity contribution in [1.29, 1.82) is 0 Å². The van der Waals surface area contributed by atoms with Crippen LogP contribution in [0.15, 0.2) is 114 Å². The van der Waals surface area contributed by atoms with E-state index in [4.69, 9.17) is 4.74 Å². The molecule has 0 aliphatic heterocycles. The van der Waals surface area contributed by atoms with Crippen LogP contribution in [0.25, 0.3) is 21.5 Å². The summed E-state index contributed by atoms with van der Waals surface area (Å²) < 4.78 is 34.8. The minimum atomic E-state index is -4.34. The lowest BCUT2D eigenvalue weighted by molar-refractivity contribution is -0.145. The summed E-state index contributed by atoms with van der Waals surface area (Å²) in [5.41, 5.74) is 0.559. The molecule has 2 N–H and O–H groups in total. The van der Waals surface area contributed by atoms with Gasteiger partial charge in [0.2, 0.25) is 6.10 Å². The fourth-order valence-electron chi connectivity index (χ4n) is 4.55. The maximum Gasteiger partial charge on any atom is 0.349 e. The highest BCUT2D eigenvalue weighted by Crippen LogP contribution is 2.38. The van der Waals surface area contributed by atoms with E-state index in [1.807, 2.05) is 0 Å². The second kappa shape index (κ2) is 10.5. The van der Waals surface area contributed by atoms with Gasteiger partial charge >= 0.3 is 11.9 Å². The Morgan fingerprint density at radius 3 is 2.03 bits per heavy atom. The molecule has 0 aliphatic rings. The van der Waals surface area contributed by atoms with Crippen LogP contribution in [0.4, 0.5) is 5.69 Å². The second-order valence-corrected chi connectivity index (χ2v) is 10.6. The number of carboxylic acid groups (broad SMARTS) is 2. The molecule has 5 aromatic carbocycles. The summed E-state index contributed by atoms with van der Waals surface area (Å²) in [6.45, 7) is -0.822. The molecule has 196 valence electrons. The third kappa shape index (κ3) is 4.99. The first kappa shape index (κ1) is 25.7. The average Bonchev–Trinajstić information content (AvgIpc) is 2.94. The van der Waals surface area contributed by atoms with Gasteiger partial charge in [-0.25, -0.2) is 13.2 Å². The number of carbonyl (C=O) groups is 2. The number of sulfonamides is 1. The number of benzene rings is 5. The van der Waals surface area contributed by atoms with Crippen LogP contribution in [0.3, 0.4) is 0 Å². The van der Waals surface area contributed by atoms with Crippen molar-refractivity contribution in [3.05, 3.63) is 115 Å². The maximum absolute atomic E-state index is 14.0. The first-order chi connectivity index (χ1) is 18.8. The van der Waals surface area contributed by atoms with Crippen molar-refractivity contribution in [1.82, 2.24) is 0 Å². The number of carboxylic acids is 2. The van der Waals surface area contributed by atoms with Gasteiger partial charge in [-0.05, 0) is 23.6 Å². The smallest absolute Gasteiger partial charge is 0.349 e. The number of nitrogens with zero attached hydrogens (tertiary/aromatic N) is 1. The SMILES string of the molecule is O=C(O)CN(c1ccc(OC(C(=O)O)c2ccccc2)c2ccccc12)S(=O)(=O)c1cccc2ccccc12. The molecule has 5 rings (SSSR count). The summed E-state index contributed by atoms with van der Waals surface area (Å²) >= 11 is 0. The number of aliphatic carboxylic acids is 2. The van der Waals surface area contributed by atoms with Gasteiger partial charge in [-0.15, -0.1) is 0 Å². The van der Waals surface area contributed by atoms with Crippen LogP contribution in [0.5, 0.6) is 5.75 Å². The standard InChI is InChI=1S/C30H23NO7S/c32-28(33)19-31(39(36,37)27-16-8-12-20-9-4-5-13-22(20)27)25-17-18-26(24-15-7-6-14-23(24)25)38-29(30(34)35)21-10-2-1-3-11-21/h1-18,29H,19H2,(H,32,33)(H,34,35). The lowest BCUT2D eigenvalue weighted by atomic mass is 10.1. The van der Waals surface area contributed by atoms with Gasteiger partial charge in [-0.1, -0.05) is 91.0 Å². The van der Waals surface area contributed by atoms with E-state index in [1.165, 1.54) is 18.2 Å². The fourth-order valence-corrected chi connectivity index (χ4v) is 6.20. The van der Waals surface area contributed by atoms with Crippen LogP contribution >= 0.6 is 0 Å². The lowest BCUT2D eigenvalue weighted by Gasteiger charge is -2.26. The Balaban J connectivity index is 1.66. The lowest BCUT2D eigenvalue weighted by Crippen LogP contribution is -2.36. The first-order valence-electron chi connectivity index (χ1n) is 12.0. The van der Waals surface area contributed by atoms with Crippen LogP contribution < -0.4 is 9.04 Å². The predicted molar refractivity (Wildman–Crippen MR) is 148 cm³/mol. The van der Waals surface area contributed by atoms with Crippen LogP contribution in [-0.2, 0) is 19.6 Å². The van der Waals surface area contributed by atoms with Crippen LogP contribution in [0.2, 0.25) is 0 Å². The van der Waals surface area contributed by atoms with Crippen molar-refractivity contribution < 1.29 is 33.0 Å². The molecular formula is C30H23NO7S. The van der Waals surface area contributed by atoms with Gasteiger partial charge in [0.1, 0.15) is 12.3 Å². The highest BCUT2D eigenvalue weighted by atomic mass is 32.2. The van der Waals surface area contributed by atoms with E-state index in [-0.39, 0.29) is 16.3 Å². The van der Waals surface area contributed by atoms with Gasteiger partial charge in [0.05, 0.1) is 10.6 Å². The van der Waals surface area contributed by atoms with Gasteiger partial charge in [0.15, 0.2) is 0 Å². The van der Waals surface area contributed by atoms with E-state index in [0.29, 0.717) is 27.1 Å². The fraction of sp³-hybridized carbons (Fsp3) is 0.0667. The number of rotatable bonds is 9. The molecule has 0 heterocycles. The zero-order valence-corrected chi connectivity index (χ0v) is 21.3. The third-order valence-electron chi connectivity index (χ3n) is 6.30. The molecule has 0 amide bonds. The number of ether oxygens (including phenoxy) is 1. The minimum absolute atomic E-state index is 0.0266. The van der Waals surface area contributed by atoms with Gasteiger partial charge in [0.25, 0.3) is 10.0 Å². The summed E-state index contributed by atoms with van der Waals surface area (Å²) in [5.74, 6) is -2.32. The summed E-state index contributed by atoms with van der Waals surface area (Å²) in [6.07, 6.45) is -1.31. The van der Waals surface area contributed by atoms with Crippen LogP contribution in [-0.4, -0.2) is 37.1 Å². The largest absolute Gasteiger partial charge is 0.480 e.